The molecule has 0 bridgehead atoms. The first kappa shape index (κ1) is 16.8. The Morgan fingerprint density at radius 2 is 2.05 bits per heavy atom. The fraction of sp³-hybridized carbons (Fsp3) is 0.750. The molecule has 2 aliphatic rings. The second-order valence-corrected chi connectivity index (χ2v) is 6.13. The van der Waals surface area contributed by atoms with Crippen LogP contribution in [0, 0.1) is 5.92 Å². The summed E-state index contributed by atoms with van der Waals surface area (Å²) in [6.45, 7) is 5.19. The number of aliphatic carboxylic acids is 1. The van der Waals surface area contributed by atoms with Crippen LogP contribution in [0.3, 0.4) is 0 Å². The first-order chi connectivity index (χ1) is 10.6. The number of carbonyl (C=O) groups is 2. The maximum Gasteiger partial charge on any atom is 0.326 e. The van der Waals surface area contributed by atoms with Crippen molar-refractivity contribution in [2.75, 3.05) is 19.8 Å². The minimum absolute atomic E-state index is 0.0259. The van der Waals surface area contributed by atoms with E-state index in [1.54, 1.807) is 11.0 Å². The zero-order valence-corrected chi connectivity index (χ0v) is 13.0. The third-order valence-electron chi connectivity index (χ3n) is 4.60. The molecule has 1 aliphatic carbocycles. The van der Waals surface area contributed by atoms with Crippen LogP contribution in [-0.2, 0) is 9.53 Å². The molecule has 2 fully saturated rings. The highest BCUT2D eigenvalue weighted by Crippen LogP contribution is 2.28. The molecule has 2 rings (SSSR count). The van der Waals surface area contributed by atoms with Crippen LogP contribution in [-0.4, -0.2) is 53.8 Å². The normalized spacial score (nSPS) is 23.5. The Labute approximate surface area is 131 Å². The SMILES string of the molecule is C=CCOC[C@@H]1CCCN1C(=O)N[C@H](C(=O)O)C1CCCC1. The number of carboxylic acid groups (broad SMARTS) is 1. The number of nitrogens with one attached hydrogen (secondary N) is 1. The molecule has 22 heavy (non-hydrogen) atoms. The van der Waals surface area contributed by atoms with Gasteiger partial charge < -0.3 is 20.1 Å². The van der Waals surface area contributed by atoms with Crippen molar-refractivity contribution in [2.24, 2.45) is 5.92 Å². The van der Waals surface area contributed by atoms with E-state index in [0.717, 1.165) is 38.5 Å². The Morgan fingerprint density at radius 3 is 2.68 bits per heavy atom. The molecule has 2 atom stereocenters. The summed E-state index contributed by atoms with van der Waals surface area (Å²) in [6, 6.07) is -1.02. The molecule has 0 aromatic heterocycles. The molecule has 1 aliphatic heterocycles. The van der Waals surface area contributed by atoms with Crippen molar-refractivity contribution >= 4 is 12.0 Å². The average Bonchev–Trinajstić information content (AvgIpc) is 3.15. The monoisotopic (exact) mass is 310 g/mol. The Kier molecular flexibility index (Phi) is 6.24. The highest BCUT2D eigenvalue weighted by Gasteiger charge is 2.35. The van der Waals surface area contributed by atoms with Gasteiger partial charge in [0, 0.05) is 6.54 Å². The Morgan fingerprint density at radius 1 is 1.32 bits per heavy atom. The number of carbonyl (C=O) groups excluding carboxylic acids is 1. The molecule has 2 N–H and O–H groups in total. The van der Waals surface area contributed by atoms with Gasteiger partial charge in [0.2, 0.25) is 0 Å². The molecule has 2 amide bonds. The number of amides is 2. The third-order valence-corrected chi connectivity index (χ3v) is 4.60. The zero-order valence-electron chi connectivity index (χ0n) is 13.0. The van der Waals surface area contributed by atoms with E-state index >= 15 is 0 Å². The maximum absolute atomic E-state index is 12.4. The van der Waals surface area contributed by atoms with Crippen molar-refractivity contribution in [3.63, 3.8) is 0 Å². The van der Waals surface area contributed by atoms with E-state index in [-0.39, 0.29) is 18.0 Å². The van der Waals surface area contributed by atoms with Gasteiger partial charge in [-0.05, 0) is 31.6 Å². The average molecular weight is 310 g/mol. The summed E-state index contributed by atoms with van der Waals surface area (Å²) in [5.41, 5.74) is 0. The van der Waals surface area contributed by atoms with Crippen molar-refractivity contribution in [2.45, 2.75) is 50.6 Å². The van der Waals surface area contributed by atoms with Gasteiger partial charge in [-0.3, -0.25) is 0 Å². The van der Waals surface area contributed by atoms with E-state index in [2.05, 4.69) is 11.9 Å². The molecule has 0 spiro atoms. The summed E-state index contributed by atoms with van der Waals surface area (Å²) in [6.07, 6.45) is 7.35. The van der Waals surface area contributed by atoms with Gasteiger partial charge in [-0.15, -0.1) is 6.58 Å². The van der Waals surface area contributed by atoms with E-state index in [1.807, 2.05) is 0 Å². The van der Waals surface area contributed by atoms with Gasteiger partial charge >= 0.3 is 12.0 Å². The lowest BCUT2D eigenvalue weighted by molar-refractivity contribution is -0.140. The lowest BCUT2D eigenvalue weighted by Gasteiger charge is -2.28. The van der Waals surface area contributed by atoms with Gasteiger partial charge in [-0.1, -0.05) is 18.9 Å². The molecular formula is C16H26N2O4. The predicted octanol–water partition coefficient (Wildman–Crippen LogP) is 2.01. The van der Waals surface area contributed by atoms with Gasteiger partial charge in [0.05, 0.1) is 19.3 Å². The molecule has 1 saturated carbocycles. The van der Waals surface area contributed by atoms with Gasteiger partial charge in [-0.2, -0.15) is 0 Å². The fourth-order valence-electron chi connectivity index (χ4n) is 3.45. The second kappa shape index (κ2) is 8.17. The van der Waals surface area contributed by atoms with E-state index < -0.39 is 12.0 Å². The first-order valence-electron chi connectivity index (χ1n) is 8.12. The minimum Gasteiger partial charge on any atom is -0.480 e. The highest BCUT2D eigenvalue weighted by molar-refractivity contribution is 5.83. The topological polar surface area (TPSA) is 78.9 Å². The molecule has 0 radical (unpaired) electrons. The molecule has 124 valence electrons. The van der Waals surface area contributed by atoms with Crippen LogP contribution in [0.25, 0.3) is 0 Å². The van der Waals surface area contributed by atoms with Crippen LogP contribution >= 0.6 is 0 Å². The molecule has 0 aromatic rings. The van der Waals surface area contributed by atoms with E-state index in [1.165, 1.54) is 0 Å². The molecule has 1 saturated heterocycles. The quantitative estimate of drug-likeness (QED) is 0.557. The van der Waals surface area contributed by atoms with Gasteiger partial charge in [0.15, 0.2) is 0 Å². The lowest BCUT2D eigenvalue weighted by Crippen LogP contribution is -2.52. The van der Waals surface area contributed by atoms with Gasteiger partial charge in [0.25, 0.3) is 0 Å². The number of nitrogens with zero attached hydrogens (tertiary/aromatic N) is 1. The number of likely N-dealkylation sites (tertiary alicyclic amines) is 1. The van der Waals surface area contributed by atoms with Crippen molar-refractivity contribution in [3.05, 3.63) is 12.7 Å². The number of hydrogen-bond acceptors (Lipinski definition) is 3. The summed E-state index contributed by atoms with van der Waals surface area (Å²) < 4.78 is 5.44. The van der Waals surface area contributed by atoms with Crippen molar-refractivity contribution < 1.29 is 19.4 Å². The Balaban J connectivity index is 1.90. The minimum atomic E-state index is -0.932. The van der Waals surface area contributed by atoms with Gasteiger partial charge in [0.1, 0.15) is 6.04 Å². The zero-order chi connectivity index (χ0) is 15.9. The number of hydrogen-bond donors (Lipinski definition) is 2. The molecule has 0 unspecified atom stereocenters. The smallest absolute Gasteiger partial charge is 0.326 e. The van der Waals surface area contributed by atoms with Crippen molar-refractivity contribution in [1.82, 2.24) is 10.2 Å². The van der Waals surface area contributed by atoms with E-state index in [0.29, 0.717) is 19.8 Å². The number of carboxylic acids is 1. The predicted molar refractivity (Wildman–Crippen MR) is 82.7 cm³/mol. The summed E-state index contributed by atoms with van der Waals surface area (Å²) in [5.74, 6) is -0.876. The fourth-order valence-corrected chi connectivity index (χ4v) is 3.45. The standard InChI is InChI=1S/C16H26N2O4/c1-2-10-22-11-13-8-5-9-18(13)16(21)17-14(15(19)20)12-6-3-4-7-12/h2,12-14H,1,3-11H2,(H,17,21)(H,19,20)/t13-,14-/m0/s1. The highest BCUT2D eigenvalue weighted by atomic mass is 16.5. The van der Waals surface area contributed by atoms with Crippen LogP contribution in [0.5, 0.6) is 0 Å². The van der Waals surface area contributed by atoms with Crippen LogP contribution in [0.1, 0.15) is 38.5 Å². The van der Waals surface area contributed by atoms with E-state index in [9.17, 15) is 14.7 Å². The Hall–Kier alpha value is -1.56. The lowest BCUT2D eigenvalue weighted by atomic mass is 9.98. The first-order valence-corrected chi connectivity index (χ1v) is 8.12. The second-order valence-electron chi connectivity index (χ2n) is 6.13. The van der Waals surface area contributed by atoms with Crippen LogP contribution < -0.4 is 5.32 Å². The third kappa shape index (κ3) is 4.22. The maximum atomic E-state index is 12.4. The number of urea groups is 1. The molecular weight excluding hydrogens is 284 g/mol. The summed E-state index contributed by atoms with van der Waals surface area (Å²) in [5, 5.41) is 12.1. The van der Waals surface area contributed by atoms with E-state index in [4.69, 9.17) is 4.74 Å². The summed E-state index contributed by atoms with van der Waals surface area (Å²) in [4.78, 5) is 25.6. The summed E-state index contributed by atoms with van der Waals surface area (Å²) in [7, 11) is 0. The van der Waals surface area contributed by atoms with Gasteiger partial charge in [-0.25, -0.2) is 9.59 Å². The van der Waals surface area contributed by atoms with Crippen LogP contribution in [0.4, 0.5) is 4.79 Å². The Bertz CT molecular complexity index is 407. The van der Waals surface area contributed by atoms with Crippen LogP contribution in [0.2, 0.25) is 0 Å². The summed E-state index contributed by atoms with van der Waals surface area (Å²) >= 11 is 0. The van der Waals surface area contributed by atoms with Crippen molar-refractivity contribution in [3.8, 4) is 0 Å². The largest absolute Gasteiger partial charge is 0.480 e. The molecule has 1 heterocycles. The molecule has 6 nitrogen and oxygen atoms in total. The van der Waals surface area contributed by atoms with Crippen LogP contribution in [0.15, 0.2) is 12.7 Å². The molecule has 6 heteroatoms. The molecule has 0 aromatic carbocycles. The van der Waals surface area contributed by atoms with Crippen molar-refractivity contribution in [1.29, 1.82) is 0 Å². The number of rotatable bonds is 7. The number of ether oxygens (including phenoxy) is 1.